The van der Waals surface area contributed by atoms with Gasteiger partial charge < -0.3 is 19.6 Å². The van der Waals surface area contributed by atoms with Crippen LogP contribution in [0.1, 0.15) is 78.4 Å². The molecular weight excluding hydrogens is 430 g/mol. The van der Waals surface area contributed by atoms with Crippen molar-refractivity contribution in [3.05, 3.63) is 47.6 Å². The van der Waals surface area contributed by atoms with Crippen molar-refractivity contribution in [2.24, 2.45) is 34.5 Å². The summed E-state index contributed by atoms with van der Waals surface area (Å²) >= 11 is 0. The molecule has 0 aliphatic heterocycles. The van der Waals surface area contributed by atoms with Crippen molar-refractivity contribution < 1.29 is 23.8 Å². The molecule has 1 aromatic heterocycles. The fraction of sp³-hybridized carbons (Fsp3) is 0.643. The Balaban J connectivity index is 1.35. The molecule has 4 aliphatic rings. The van der Waals surface area contributed by atoms with Gasteiger partial charge in [0.05, 0.1) is 11.8 Å². The Morgan fingerprint density at radius 1 is 1.18 bits per heavy atom. The number of carboxylic acid groups (broad SMARTS) is 1. The summed E-state index contributed by atoms with van der Waals surface area (Å²) in [4.78, 5) is 24.6. The lowest BCUT2D eigenvalue weighted by Gasteiger charge is -2.56. The minimum absolute atomic E-state index is 0.00822. The van der Waals surface area contributed by atoms with Crippen LogP contribution in [0.2, 0.25) is 0 Å². The Morgan fingerprint density at radius 3 is 2.68 bits per heavy atom. The molecule has 184 valence electrons. The first kappa shape index (κ1) is 23.3. The van der Waals surface area contributed by atoms with Gasteiger partial charge in [-0.15, -0.1) is 0 Å². The molecule has 6 heteroatoms. The predicted molar refractivity (Wildman–Crippen MR) is 128 cm³/mol. The van der Waals surface area contributed by atoms with Gasteiger partial charge in [0.2, 0.25) is 5.91 Å². The molecule has 1 heterocycles. The highest BCUT2D eigenvalue weighted by atomic mass is 16.7. The van der Waals surface area contributed by atoms with Crippen LogP contribution in [0.5, 0.6) is 0 Å². The number of nitrogens with one attached hydrogen (secondary N) is 1. The highest BCUT2D eigenvalue weighted by molar-refractivity contribution is 5.80. The average Bonchev–Trinajstić information content (AvgIpc) is 3.41. The number of fused-ring (bicyclic) bond motifs is 5. The summed E-state index contributed by atoms with van der Waals surface area (Å²) in [6, 6.07) is 3.78. The van der Waals surface area contributed by atoms with Crippen LogP contribution < -0.4 is 5.32 Å². The highest BCUT2D eigenvalue weighted by Crippen LogP contribution is 2.66. The molecule has 0 radical (unpaired) electrons. The minimum Gasteiger partial charge on any atom is -0.467 e. The third-order valence-corrected chi connectivity index (χ3v) is 9.84. The number of carbonyl (C=O) groups is 2. The van der Waals surface area contributed by atoms with E-state index in [0.717, 1.165) is 44.3 Å². The molecule has 6 nitrogen and oxygen atoms in total. The maximum Gasteiger partial charge on any atom is 0.511 e. The number of allylic oxidation sites excluding steroid dienone is 4. The van der Waals surface area contributed by atoms with Gasteiger partial charge in [0.1, 0.15) is 11.5 Å². The monoisotopic (exact) mass is 467 g/mol. The summed E-state index contributed by atoms with van der Waals surface area (Å²) < 4.78 is 10.6. The van der Waals surface area contributed by atoms with Gasteiger partial charge in [0, 0.05) is 12.3 Å². The Labute approximate surface area is 201 Å². The van der Waals surface area contributed by atoms with Gasteiger partial charge in [0.15, 0.2) is 0 Å². The van der Waals surface area contributed by atoms with Gasteiger partial charge in [0.25, 0.3) is 0 Å². The number of hydrogen-bond acceptors (Lipinski definition) is 4. The number of hydrogen-bond donors (Lipinski definition) is 2. The average molecular weight is 468 g/mol. The molecule has 0 spiro atoms. The Bertz CT molecular complexity index is 1040. The first-order valence-electron chi connectivity index (χ1n) is 12.7. The molecule has 0 bridgehead atoms. The van der Waals surface area contributed by atoms with Gasteiger partial charge in [-0.3, -0.25) is 4.79 Å². The third-order valence-electron chi connectivity index (χ3n) is 9.84. The van der Waals surface area contributed by atoms with E-state index in [0.29, 0.717) is 29.9 Å². The van der Waals surface area contributed by atoms with Gasteiger partial charge >= 0.3 is 6.16 Å². The zero-order valence-corrected chi connectivity index (χ0v) is 20.7. The highest BCUT2D eigenvalue weighted by Gasteiger charge is 2.59. The molecule has 1 unspecified atom stereocenters. The third kappa shape index (κ3) is 3.61. The summed E-state index contributed by atoms with van der Waals surface area (Å²) in [5, 5.41) is 12.3. The maximum atomic E-state index is 13.6. The van der Waals surface area contributed by atoms with E-state index in [1.165, 1.54) is 5.57 Å². The van der Waals surface area contributed by atoms with Crippen molar-refractivity contribution in [3.8, 4) is 0 Å². The van der Waals surface area contributed by atoms with Crippen LogP contribution in [-0.2, 0) is 15.1 Å². The van der Waals surface area contributed by atoms with E-state index in [2.05, 4.69) is 25.2 Å². The maximum absolute atomic E-state index is 13.6. The van der Waals surface area contributed by atoms with Crippen LogP contribution in [0.15, 0.2) is 46.3 Å². The predicted octanol–water partition coefficient (Wildman–Crippen LogP) is 6.40. The standard InChI is InChI=1S/C28H37NO5/c1-26(2,23-6-5-15-33-23)29-24(30)22-10-9-20-19-8-7-17-16-18(34-25(31)32)11-13-27(17,3)21(19)12-14-28(20,22)4/h5-7,15-16,19-22H,8-14H2,1-4H3,(H,29,30)(H,31,32)/t19-,20-,21-,22?,27-,28-/m0/s1. The normalized spacial score (nSPS) is 36.9. The molecule has 1 amide bonds. The lowest BCUT2D eigenvalue weighted by Crippen LogP contribution is -2.52. The summed E-state index contributed by atoms with van der Waals surface area (Å²) in [5.74, 6) is 3.18. The SMILES string of the molecule is CC(C)(NC(=O)C1CC[C@H]2[C@@H]3CC=C4C=C(OC(=O)O)CC[C@]4(C)[C@H]3CC[C@]12C)c1ccco1. The van der Waals surface area contributed by atoms with Crippen molar-refractivity contribution in [2.45, 2.75) is 78.2 Å². The van der Waals surface area contributed by atoms with E-state index in [1.807, 2.05) is 32.1 Å². The second kappa shape index (κ2) is 8.03. The number of carbonyl (C=O) groups excluding carboxylic acids is 1. The lowest BCUT2D eigenvalue weighted by molar-refractivity contribution is -0.133. The molecule has 34 heavy (non-hydrogen) atoms. The second-order valence-electron chi connectivity index (χ2n) is 11.9. The number of ether oxygens (including phenoxy) is 1. The van der Waals surface area contributed by atoms with Crippen LogP contribution >= 0.6 is 0 Å². The molecule has 6 atom stereocenters. The van der Waals surface area contributed by atoms with Crippen LogP contribution in [0.3, 0.4) is 0 Å². The largest absolute Gasteiger partial charge is 0.511 e. The molecule has 2 N–H and O–H groups in total. The van der Waals surface area contributed by atoms with Crippen molar-refractivity contribution >= 4 is 12.1 Å². The van der Waals surface area contributed by atoms with Crippen molar-refractivity contribution in [1.29, 1.82) is 0 Å². The number of furan rings is 1. The molecular formula is C28H37NO5. The summed E-state index contributed by atoms with van der Waals surface area (Å²) in [6.07, 6.45) is 11.5. The molecule has 4 aliphatic carbocycles. The smallest absolute Gasteiger partial charge is 0.467 e. The fourth-order valence-corrected chi connectivity index (χ4v) is 8.01. The van der Waals surface area contributed by atoms with E-state index in [9.17, 15) is 9.59 Å². The van der Waals surface area contributed by atoms with E-state index < -0.39 is 11.7 Å². The molecule has 0 saturated heterocycles. The zero-order chi connectivity index (χ0) is 24.3. The Morgan fingerprint density at radius 2 is 1.97 bits per heavy atom. The molecule has 0 aromatic carbocycles. The van der Waals surface area contributed by atoms with Crippen LogP contribution in [0.4, 0.5) is 4.79 Å². The van der Waals surface area contributed by atoms with Crippen LogP contribution in [0.25, 0.3) is 0 Å². The molecule has 2 fully saturated rings. The van der Waals surface area contributed by atoms with Crippen LogP contribution in [-0.4, -0.2) is 17.2 Å². The summed E-state index contributed by atoms with van der Waals surface area (Å²) in [6.45, 7) is 8.72. The summed E-state index contributed by atoms with van der Waals surface area (Å²) in [5.41, 5.74) is 0.769. The number of amides is 1. The molecule has 1 aromatic rings. The van der Waals surface area contributed by atoms with E-state index in [1.54, 1.807) is 6.26 Å². The second-order valence-corrected chi connectivity index (χ2v) is 11.9. The van der Waals surface area contributed by atoms with Gasteiger partial charge in [-0.1, -0.05) is 19.9 Å². The quantitative estimate of drug-likeness (QED) is 0.500. The first-order valence-corrected chi connectivity index (χ1v) is 12.7. The summed E-state index contributed by atoms with van der Waals surface area (Å²) in [7, 11) is 0. The van der Waals surface area contributed by atoms with Crippen molar-refractivity contribution in [2.75, 3.05) is 0 Å². The first-order chi connectivity index (χ1) is 16.0. The topological polar surface area (TPSA) is 88.8 Å². The lowest BCUT2D eigenvalue weighted by atomic mass is 9.48. The fourth-order valence-electron chi connectivity index (χ4n) is 8.01. The van der Waals surface area contributed by atoms with E-state index in [-0.39, 0.29) is 22.7 Å². The molecule has 2 saturated carbocycles. The Hall–Kier alpha value is -2.50. The van der Waals surface area contributed by atoms with E-state index in [4.69, 9.17) is 14.3 Å². The minimum atomic E-state index is -1.23. The van der Waals surface area contributed by atoms with Gasteiger partial charge in [-0.2, -0.15) is 0 Å². The Kier molecular flexibility index (Phi) is 5.49. The number of rotatable bonds is 4. The van der Waals surface area contributed by atoms with E-state index >= 15 is 0 Å². The van der Waals surface area contributed by atoms with Crippen molar-refractivity contribution in [3.63, 3.8) is 0 Å². The zero-order valence-electron chi connectivity index (χ0n) is 20.7. The van der Waals surface area contributed by atoms with Crippen molar-refractivity contribution in [1.82, 2.24) is 5.32 Å². The molecule has 5 rings (SSSR count). The van der Waals surface area contributed by atoms with Crippen LogP contribution in [0, 0.1) is 34.5 Å². The van der Waals surface area contributed by atoms with Gasteiger partial charge in [-0.25, -0.2) is 4.79 Å². The van der Waals surface area contributed by atoms with Gasteiger partial charge in [-0.05, 0) is 105 Å².